The molecule has 1 aliphatic rings. The van der Waals surface area contributed by atoms with E-state index in [1.54, 1.807) is 7.11 Å². The van der Waals surface area contributed by atoms with Gasteiger partial charge in [0.15, 0.2) is 0 Å². The third kappa shape index (κ3) is 4.67. The van der Waals surface area contributed by atoms with Crippen LogP contribution < -0.4 is 15.4 Å². The minimum Gasteiger partial charge on any atom is -0.496 e. The highest BCUT2D eigenvalue weighted by atomic mass is 16.5. The number of piperazine rings is 1. The number of ether oxygens (including phenoxy) is 1. The lowest BCUT2D eigenvalue weighted by molar-refractivity contribution is -0.134. The van der Waals surface area contributed by atoms with Crippen LogP contribution in [0.15, 0.2) is 24.3 Å². The molecular weight excluding hydrogens is 298 g/mol. The Morgan fingerprint density at radius 1 is 1.48 bits per heavy atom. The third-order valence-electron chi connectivity index (χ3n) is 3.82. The van der Waals surface area contributed by atoms with Crippen molar-refractivity contribution in [2.75, 3.05) is 33.4 Å². The summed E-state index contributed by atoms with van der Waals surface area (Å²) in [5.41, 5.74) is 0.977. The fourth-order valence-electron chi connectivity index (χ4n) is 2.67. The summed E-state index contributed by atoms with van der Waals surface area (Å²) in [7, 11) is 1.61. The number of hydrogen-bond donors (Lipinski definition) is 3. The molecule has 23 heavy (non-hydrogen) atoms. The molecule has 7 nitrogen and oxygen atoms in total. The number of hydrogen-bond acceptors (Lipinski definition) is 5. The monoisotopic (exact) mass is 321 g/mol. The second-order valence-corrected chi connectivity index (χ2v) is 5.37. The average molecular weight is 321 g/mol. The van der Waals surface area contributed by atoms with Gasteiger partial charge in [0.2, 0.25) is 11.8 Å². The largest absolute Gasteiger partial charge is 0.496 e. The lowest BCUT2D eigenvalue weighted by Gasteiger charge is -2.35. The fraction of sp³-hybridized carbons (Fsp3) is 0.500. The highest BCUT2D eigenvalue weighted by Gasteiger charge is 2.31. The van der Waals surface area contributed by atoms with Gasteiger partial charge in [0.25, 0.3) is 0 Å². The smallest absolute Gasteiger partial charge is 0.237 e. The van der Waals surface area contributed by atoms with Gasteiger partial charge in [0, 0.05) is 31.7 Å². The topological polar surface area (TPSA) is 90.9 Å². The van der Waals surface area contributed by atoms with Crippen LogP contribution in [-0.2, 0) is 16.1 Å². The van der Waals surface area contributed by atoms with E-state index in [-0.39, 0.29) is 31.4 Å². The highest BCUT2D eigenvalue weighted by Crippen LogP contribution is 2.21. The van der Waals surface area contributed by atoms with E-state index in [4.69, 9.17) is 9.84 Å². The van der Waals surface area contributed by atoms with Crippen molar-refractivity contribution in [2.45, 2.75) is 19.0 Å². The number of nitrogens with zero attached hydrogens (tertiary/aromatic N) is 1. The van der Waals surface area contributed by atoms with Crippen LogP contribution in [-0.4, -0.2) is 61.2 Å². The van der Waals surface area contributed by atoms with Crippen molar-refractivity contribution in [3.8, 4) is 5.75 Å². The molecule has 0 spiro atoms. The molecule has 7 heteroatoms. The van der Waals surface area contributed by atoms with Crippen molar-refractivity contribution in [1.82, 2.24) is 15.5 Å². The summed E-state index contributed by atoms with van der Waals surface area (Å²) in [6.07, 6.45) is 0.0704. The van der Waals surface area contributed by atoms with Gasteiger partial charge in [-0.1, -0.05) is 18.2 Å². The molecule has 1 aromatic rings. The van der Waals surface area contributed by atoms with Crippen LogP contribution in [0.3, 0.4) is 0 Å². The van der Waals surface area contributed by atoms with Gasteiger partial charge in [-0.3, -0.25) is 14.5 Å². The number of benzene rings is 1. The minimum atomic E-state index is -0.521. The van der Waals surface area contributed by atoms with E-state index in [0.717, 1.165) is 11.3 Å². The summed E-state index contributed by atoms with van der Waals surface area (Å²) in [6, 6.07) is 7.12. The summed E-state index contributed by atoms with van der Waals surface area (Å²) in [4.78, 5) is 26.0. The number of para-hydroxylation sites is 1. The van der Waals surface area contributed by atoms with Crippen molar-refractivity contribution >= 4 is 11.8 Å². The Bertz CT molecular complexity index is 550. The van der Waals surface area contributed by atoms with Crippen LogP contribution in [0, 0.1) is 0 Å². The first-order chi connectivity index (χ1) is 11.2. The van der Waals surface area contributed by atoms with E-state index in [1.807, 2.05) is 29.2 Å². The van der Waals surface area contributed by atoms with Gasteiger partial charge in [-0.15, -0.1) is 0 Å². The van der Waals surface area contributed by atoms with Gasteiger partial charge >= 0.3 is 0 Å². The molecule has 1 atom stereocenters. The standard InChI is InChI=1S/C16H23N3O4/c1-23-14-5-3-2-4-12(14)11-19-8-6-18-16(22)13(19)10-15(21)17-7-9-20/h2-5,13,20H,6-11H2,1H3,(H,17,21)(H,18,22). The molecular formula is C16H23N3O4. The summed E-state index contributed by atoms with van der Waals surface area (Å²) in [5, 5.41) is 14.1. The number of amides is 2. The lowest BCUT2D eigenvalue weighted by Crippen LogP contribution is -2.56. The Balaban J connectivity index is 2.07. The Morgan fingerprint density at radius 2 is 2.26 bits per heavy atom. The maximum atomic E-state index is 12.1. The maximum absolute atomic E-state index is 12.1. The summed E-state index contributed by atoms with van der Waals surface area (Å²) >= 11 is 0. The fourth-order valence-corrected chi connectivity index (χ4v) is 2.67. The summed E-state index contributed by atoms with van der Waals surface area (Å²) in [6.45, 7) is 1.84. The normalized spacial score (nSPS) is 18.3. The van der Waals surface area contributed by atoms with Crippen molar-refractivity contribution in [2.24, 2.45) is 0 Å². The Labute approximate surface area is 135 Å². The minimum absolute atomic E-state index is 0.0704. The van der Waals surface area contributed by atoms with Crippen LogP contribution >= 0.6 is 0 Å². The molecule has 2 rings (SSSR count). The molecule has 1 heterocycles. The average Bonchev–Trinajstić information content (AvgIpc) is 2.56. The van der Waals surface area contributed by atoms with Crippen molar-refractivity contribution in [1.29, 1.82) is 0 Å². The van der Waals surface area contributed by atoms with Gasteiger partial charge in [-0.05, 0) is 6.07 Å². The number of rotatable bonds is 7. The molecule has 1 aromatic carbocycles. The Hall–Kier alpha value is -2.12. The van der Waals surface area contributed by atoms with Crippen LogP contribution in [0.4, 0.5) is 0 Å². The number of carbonyl (C=O) groups excluding carboxylic acids is 2. The quantitative estimate of drug-likeness (QED) is 0.629. The molecule has 1 aliphatic heterocycles. The number of aliphatic hydroxyl groups excluding tert-OH is 1. The SMILES string of the molecule is COc1ccccc1CN1CCNC(=O)C1CC(=O)NCCO. The Morgan fingerprint density at radius 3 is 3.00 bits per heavy atom. The lowest BCUT2D eigenvalue weighted by atomic mass is 10.1. The van der Waals surface area contributed by atoms with E-state index < -0.39 is 6.04 Å². The first-order valence-electron chi connectivity index (χ1n) is 7.67. The number of aliphatic hydroxyl groups is 1. The molecule has 0 saturated carbocycles. The van der Waals surface area contributed by atoms with Crippen LogP contribution in [0.25, 0.3) is 0 Å². The van der Waals surface area contributed by atoms with Crippen molar-refractivity contribution in [3.05, 3.63) is 29.8 Å². The first kappa shape index (κ1) is 17.2. The van der Waals surface area contributed by atoms with Crippen molar-refractivity contribution < 1.29 is 19.4 Å². The second-order valence-electron chi connectivity index (χ2n) is 5.37. The van der Waals surface area contributed by atoms with E-state index >= 15 is 0 Å². The number of carbonyl (C=O) groups is 2. The van der Waals surface area contributed by atoms with Crippen LogP contribution in [0.5, 0.6) is 5.75 Å². The third-order valence-corrected chi connectivity index (χ3v) is 3.82. The molecule has 1 unspecified atom stereocenters. The second kappa shape index (κ2) is 8.50. The molecule has 0 bridgehead atoms. The molecule has 126 valence electrons. The predicted molar refractivity (Wildman–Crippen MR) is 84.9 cm³/mol. The van der Waals surface area contributed by atoms with Gasteiger partial charge in [0.1, 0.15) is 5.75 Å². The van der Waals surface area contributed by atoms with Crippen LogP contribution in [0.2, 0.25) is 0 Å². The van der Waals surface area contributed by atoms with E-state index in [1.165, 1.54) is 0 Å². The zero-order valence-corrected chi connectivity index (χ0v) is 13.2. The molecule has 1 fully saturated rings. The number of nitrogens with one attached hydrogen (secondary N) is 2. The van der Waals surface area contributed by atoms with Gasteiger partial charge in [0.05, 0.1) is 26.2 Å². The summed E-state index contributed by atoms with van der Waals surface area (Å²) < 4.78 is 5.35. The molecule has 0 aromatic heterocycles. The number of methoxy groups -OCH3 is 1. The van der Waals surface area contributed by atoms with Gasteiger partial charge in [-0.2, -0.15) is 0 Å². The predicted octanol–water partition coefficient (Wildman–Crippen LogP) is -0.506. The molecule has 2 amide bonds. The molecule has 0 aliphatic carbocycles. The zero-order chi connectivity index (χ0) is 16.7. The van der Waals surface area contributed by atoms with E-state index in [0.29, 0.717) is 19.6 Å². The van der Waals surface area contributed by atoms with Crippen LogP contribution in [0.1, 0.15) is 12.0 Å². The van der Waals surface area contributed by atoms with E-state index in [2.05, 4.69) is 10.6 Å². The molecule has 1 saturated heterocycles. The maximum Gasteiger partial charge on any atom is 0.237 e. The van der Waals surface area contributed by atoms with Gasteiger partial charge < -0.3 is 20.5 Å². The molecule has 0 radical (unpaired) electrons. The first-order valence-corrected chi connectivity index (χ1v) is 7.67. The Kier molecular flexibility index (Phi) is 6.37. The summed E-state index contributed by atoms with van der Waals surface area (Å²) in [5.74, 6) is 0.374. The molecule has 3 N–H and O–H groups in total. The van der Waals surface area contributed by atoms with Gasteiger partial charge in [-0.25, -0.2) is 0 Å². The van der Waals surface area contributed by atoms with Crippen molar-refractivity contribution in [3.63, 3.8) is 0 Å². The van der Waals surface area contributed by atoms with E-state index in [9.17, 15) is 9.59 Å². The highest BCUT2D eigenvalue weighted by molar-refractivity contribution is 5.88. The zero-order valence-electron chi connectivity index (χ0n) is 13.2.